The molecule has 0 aliphatic heterocycles. The van der Waals surface area contributed by atoms with Gasteiger partial charge in [0.2, 0.25) is 0 Å². The van der Waals surface area contributed by atoms with Crippen molar-refractivity contribution in [1.82, 2.24) is 4.90 Å². The summed E-state index contributed by atoms with van der Waals surface area (Å²) >= 11 is 0. The molecule has 1 fully saturated rings. The number of rotatable bonds is 2. The standard InChI is InChI=1S/C14H19NO3/c1-15(12-4-2-3-5-13(12)17)14(18)10-6-8-11(16)9-7-10/h6-9,12-13,16-17H,2-5H2,1H3. The fourth-order valence-electron chi connectivity index (χ4n) is 2.50. The SMILES string of the molecule is CN(C(=O)c1ccc(O)cc1)C1CCCCC1O. The van der Waals surface area contributed by atoms with Crippen LogP contribution < -0.4 is 0 Å². The summed E-state index contributed by atoms with van der Waals surface area (Å²) in [5, 5.41) is 19.1. The molecule has 2 unspecified atom stereocenters. The second-order valence-corrected chi connectivity index (χ2v) is 4.88. The predicted molar refractivity (Wildman–Crippen MR) is 68.5 cm³/mol. The maximum atomic E-state index is 12.2. The molecular formula is C14H19NO3. The van der Waals surface area contributed by atoms with Crippen LogP contribution in [0.2, 0.25) is 0 Å². The number of benzene rings is 1. The zero-order valence-electron chi connectivity index (χ0n) is 10.5. The Balaban J connectivity index is 2.10. The van der Waals surface area contributed by atoms with Gasteiger partial charge in [0, 0.05) is 12.6 Å². The lowest BCUT2D eigenvalue weighted by Gasteiger charge is -2.35. The molecule has 1 aromatic rings. The summed E-state index contributed by atoms with van der Waals surface area (Å²) in [5.41, 5.74) is 0.535. The molecular weight excluding hydrogens is 230 g/mol. The van der Waals surface area contributed by atoms with Crippen molar-refractivity contribution in [2.24, 2.45) is 0 Å². The molecule has 1 saturated carbocycles. The van der Waals surface area contributed by atoms with E-state index in [2.05, 4.69) is 0 Å². The van der Waals surface area contributed by atoms with Crippen LogP contribution in [0.1, 0.15) is 36.0 Å². The van der Waals surface area contributed by atoms with Gasteiger partial charge in [-0.15, -0.1) is 0 Å². The van der Waals surface area contributed by atoms with E-state index in [1.54, 1.807) is 24.1 Å². The third-order valence-corrected chi connectivity index (χ3v) is 3.63. The lowest BCUT2D eigenvalue weighted by molar-refractivity contribution is 0.0268. The van der Waals surface area contributed by atoms with E-state index in [9.17, 15) is 15.0 Å². The molecule has 2 atom stereocenters. The lowest BCUT2D eigenvalue weighted by atomic mass is 9.91. The van der Waals surface area contributed by atoms with Gasteiger partial charge in [-0.1, -0.05) is 12.8 Å². The first-order valence-corrected chi connectivity index (χ1v) is 6.34. The van der Waals surface area contributed by atoms with E-state index in [-0.39, 0.29) is 17.7 Å². The van der Waals surface area contributed by atoms with Crippen molar-refractivity contribution in [3.8, 4) is 5.75 Å². The van der Waals surface area contributed by atoms with Gasteiger partial charge in [-0.3, -0.25) is 4.79 Å². The van der Waals surface area contributed by atoms with Crippen molar-refractivity contribution in [3.63, 3.8) is 0 Å². The summed E-state index contributed by atoms with van der Waals surface area (Å²) in [6, 6.07) is 6.10. The van der Waals surface area contributed by atoms with Crippen LogP contribution in [0.25, 0.3) is 0 Å². The van der Waals surface area contributed by atoms with Gasteiger partial charge in [0.25, 0.3) is 5.91 Å². The second-order valence-electron chi connectivity index (χ2n) is 4.88. The quantitative estimate of drug-likeness (QED) is 0.839. The van der Waals surface area contributed by atoms with E-state index < -0.39 is 6.10 Å². The minimum atomic E-state index is -0.426. The van der Waals surface area contributed by atoms with E-state index in [1.165, 1.54) is 12.1 Å². The topological polar surface area (TPSA) is 60.8 Å². The van der Waals surface area contributed by atoms with E-state index in [4.69, 9.17) is 0 Å². The number of phenols is 1. The molecule has 4 nitrogen and oxygen atoms in total. The van der Waals surface area contributed by atoms with Crippen LogP contribution in [0.15, 0.2) is 24.3 Å². The first-order chi connectivity index (χ1) is 8.59. The van der Waals surface area contributed by atoms with Gasteiger partial charge in [0.05, 0.1) is 12.1 Å². The summed E-state index contributed by atoms with van der Waals surface area (Å²) in [6.45, 7) is 0. The number of aliphatic hydroxyl groups excluding tert-OH is 1. The molecule has 0 heterocycles. The predicted octanol–water partition coefficient (Wildman–Crippen LogP) is 1.77. The Labute approximate surface area is 107 Å². The van der Waals surface area contributed by atoms with E-state index in [0.29, 0.717) is 5.56 Å². The summed E-state index contributed by atoms with van der Waals surface area (Å²) < 4.78 is 0. The molecule has 2 N–H and O–H groups in total. The van der Waals surface area contributed by atoms with Gasteiger partial charge in [0.1, 0.15) is 5.75 Å². The first kappa shape index (κ1) is 12.9. The van der Waals surface area contributed by atoms with Gasteiger partial charge in [-0.05, 0) is 37.1 Å². The third kappa shape index (κ3) is 2.64. The zero-order chi connectivity index (χ0) is 13.1. The highest BCUT2D eigenvalue weighted by Gasteiger charge is 2.29. The average Bonchev–Trinajstić information content (AvgIpc) is 2.38. The summed E-state index contributed by atoms with van der Waals surface area (Å²) in [6.07, 6.45) is 3.26. The molecule has 18 heavy (non-hydrogen) atoms. The Kier molecular flexibility index (Phi) is 3.87. The largest absolute Gasteiger partial charge is 0.508 e. The van der Waals surface area contributed by atoms with Crippen molar-refractivity contribution in [2.75, 3.05) is 7.05 Å². The molecule has 0 aromatic heterocycles. The number of phenolic OH excluding ortho intramolecular Hbond substituents is 1. The molecule has 1 amide bonds. The van der Waals surface area contributed by atoms with Gasteiger partial charge in [0.15, 0.2) is 0 Å². The minimum absolute atomic E-state index is 0.0972. The van der Waals surface area contributed by atoms with Crippen molar-refractivity contribution in [1.29, 1.82) is 0 Å². The Morgan fingerprint density at radius 3 is 2.44 bits per heavy atom. The number of hydrogen-bond donors (Lipinski definition) is 2. The average molecular weight is 249 g/mol. The number of likely N-dealkylation sites (N-methyl/N-ethyl adjacent to an activating group) is 1. The third-order valence-electron chi connectivity index (χ3n) is 3.63. The smallest absolute Gasteiger partial charge is 0.253 e. The molecule has 1 aromatic carbocycles. The van der Waals surface area contributed by atoms with Gasteiger partial charge in [-0.25, -0.2) is 0 Å². The summed E-state index contributed by atoms with van der Waals surface area (Å²) in [4.78, 5) is 13.9. The number of hydrogen-bond acceptors (Lipinski definition) is 3. The number of carbonyl (C=O) groups excluding carboxylic acids is 1. The molecule has 98 valence electrons. The summed E-state index contributed by atoms with van der Waals surface area (Å²) in [5.74, 6) is 0.0351. The van der Waals surface area contributed by atoms with Crippen molar-refractivity contribution >= 4 is 5.91 Å². The Morgan fingerprint density at radius 2 is 1.83 bits per heavy atom. The van der Waals surface area contributed by atoms with Crippen molar-refractivity contribution < 1.29 is 15.0 Å². The highest BCUT2D eigenvalue weighted by Crippen LogP contribution is 2.23. The lowest BCUT2D eigenvalue weighted by Crippen LogP contribution is -2.46. The zero-order valence-corrected chi connectivity index (χ0v) is 10.5. The van der Waals surface area contributed by atoms with Crippen LogP contribution in [0.5, 0.6) is 5.75 Å². The van der Waals surface area contributed by atoms with Crippen molar-refractivity contribution in [2.45, 2.75) is 37.8 Å². The number of nitrogens with zero attached hydrogens (tertiary/aromatic N) is 1. The highest BCUT2D eigenvalue weighted by atomic mass is 16.3. The maximum absolute atomic E-state index is 12.2. The fourth-order valence-corrected chi connectivity index (χ4v) is 2.50. The van der Waals surface area contributed by atoms with Gasteiger partial charge in [-0.2, -0.15) is 0 Å². The molecule has 2 rings (SSSR count). The number of aromatic hydroxyl groups is 1. The highest BCUT2D eigenvalue weighted by molar-refractivity contribution is 5.94. The number of amides is 1. The molecule has 0 spiro atoms. The monoisotopic (exact) mass is 249 g/mol. The van der Waals surface area contributed by atoms with E-state index in [1.807, 2.05) is 0 Å². The molecule has 1 aliphatic carbocycles. The van der Waals surface area contributed by atoms with Crippen LogP contribution in [-0.2, 0) is 0 Å². The maximum Gasteiger partial charge on any atom is 0.253 e. The summed E-state index contributed by atoms with van der Waals surface area (Å²) in [7, 11) is 1.73. The van der Waals surface area contributed by atoms with Crippen LogP contribution in [0.4, 0.5) is 0 Å². The molecule has 1 aliphatic rings. The minimum Gasteiger partial charge on any atom is -0.508 e. The molecule has 0 bridgehead atoms. The van der Waals surface area contributed by atoms with E-state index in [0.717, 1.165) is 25.7 Å². The molecule has 0 radical (unpaired) electrons. The second kappa shape index (κ2) is 5.40. The molecule has 0 saturated heterocycles. The van der Waals surface area contributed by atoms with Crippen LogP contribution >= 0.6 is 0 Å². The Hall–Kier alpha value is -1.55. The van der Waals surface area contributed by atoms with Gasteiger partial charge >= 0.3 is 0 Å². The van der Waals surface area contributed by atoms with Crippen LogP contribution in [0, 0.1) is 0 Å². The van der Waals surface area contributed by atoms with Crippen LogP contribution in [-0.4, -0.2) is 40.2 Å². The van der Waals surface area contributed by atoms with Gasteiger partial charge < -0.3 is 15.1 Å². The van der Waals surface area contributed by atoms with Crippen LogP contribution in [0.3, 0.4) is 0 Å². The van der Waals surface area contributed by atoms with E-state index >= 15 is 0 Å². The normalized spacial score (nSPS) is 23.7. The number of aliphatic hydroxyl groups is 1. The number of carbonyl (C=O) groups is 1. The van der Waals surface area contributed by atoms with Crippen molar-refractivity contribution in [3.05, 3.63) is 29.8 Å². The Bertz CT molecular complexity index is 416. The fraction of sp³-hybridized carbons (Fsp3) is 0.500. The first-order valence-electron chi connectivity index (χ1n) is 6.34. The Morgan fingerprint density at radius 1 is 1.22 bits per heavy atom. The molecule has 4 heteroatoms.